The lowest BCUT2D eigenvalue weighted by molar-refractivity contribution is -0.132. The van der Waals surface area contributed by atoms with Gasteiger partial charge in [-0.15, -0.1) is 0 Å². The van der Waals surface area contributed by atoms with E-state index < -0.39 is 35.1 Å². The van der Waals surface area contributed by atoms with Crippen molar-refractivity contribution in [2.24, 2.45) is 0 Å². The highest BCUT2D eigenvalue weighted by atomic mass is 19.1. The molecule has 0 bridgehead atoms. The van der Waals surface area contributed by atoms with E-state index in [-0.39, 0.29) is 22.6 Å². The van der Waals surface area contributed by atoms with Crippen LogP contribution in [0.3, 0.4) is 0 Å². The smallest absolute Gasteiger partial charge is 0.300 e. The van der Waals surface area contributed by atoms with E-state index in [1.807, 2.05) is 0 Å². The Hall–Kier alpha value is -3.94. The van der Waals surface area contributed by atoms with Gasteiger partial charge in [0.25, 0.3) is 11.7 Å². The second-order valence-electron chi connectivity index (χ2n) is 6.74. The first-order valence-corrected chi connectivity index (χ1v) is 9.45. The number of hydrogen-bond acceptors (Lipinski definition) is 5. The molecule has 1 N–H and O–H groups in total. The maximum absolute atomic E-state index is 14.5. The van der Waals surface area contributed by atoms with E-state index in [0.29, 0.717) is 18.4 Å². The van der Waals surface area contributed by atoms with Gasteiger partial charge in [0.05, 0.1) is 24.1 Å². The molecule has 8 heteroatoms. The maximum atomic E-state index is 14.5. The van der Waals surface area contributed by atoms with Crippen LogP contribution in [0.25, 0.3) is 5.76 Å². The minimum Gasteiger partial charge on any atom is -0.507 e. The molecule has 31 heavy (non-hydrogen) atoms. The molecule has 0 radical (unpaired) electrons. The summed E-state index contributed by atoms with van der Waals surface area (Å²) in [6.45, 7) is 2.19. The van der Waals surface area contributed by atoms with E-state index in [1.54, 1.807) is 25.1 Å². The zero-order chi connectivity index (χ0) is 22.1. The lowest BCUT2D eigenvalue weighted by Crippen LogP contribution is -2.30. The monoisotopic (exact) mass is 425 g/mol. The normalized spacial score (nSPS) is 17.9. The van der Waals surface area contributed by atoms with Gasteiger partial charge in [0.1, 0.15) is 34.9 Å². The summed E-state index contributed by atoms with van der Waals surface area (Å²) in [6, 6.07) is 10.8. The Kier molecular flexibility index (Phi) is 5.29. The van der Waals surface area contributed by atoms with Crippen molar-refractivity contribution >= 4 is 23.1 Å². The van der Waals surface area contributed by atoms with E-state index in [4.69, 9.17) is 9.15 Å². The SMILES string of the molecule is CCOc1cccc(/C(O)=C2/C(=O)C(=O)N(c3ccc(F)cc3F)C2c2ccco2)c1. The molecule has 1 saturated heterocycles. The molecule has 1 aromatic heterocycles. The summed E-state index contributed by atoms with van der Waals surface area (Å²) in [5.41, 5.74) is -0.357. The van der Waals surface area contributed by atoms with Crippen LogP contribution < -0.4 is 9.64 Å². The molecule has 1 atom stereocenters. The molecule has 1 aliphatic heterocycles. The molecular formula is C23H17F2NO5. The van der Waals surface area contributed by atoms with Gasteiger partial charge in [-0.1, -0.05) is 12.1 Å². The number of ether oxygens (including phenoxy) is 1. The summed E-state index contributed by atoms with van der Waals surface area (Å²) in [7, 11) is 0. The summed E-state index contributed by atoms with van der Waals surface area (Å²) in [6.07, 6.45) is 1.33. The van der Waals surface area contributed by atoms with Gasteiger partial charge in [-0.2, -0.15) is 0 Å². The predicted octanol–water partition coefficient (Wildman–Crippen LogP) is 4.58. The Bertz CT molecular complexity index is 1190. The van der Waals surface area contributed by atoms with Gasteiger partial charge < -0.3 is 14.3 Å². The van der Waals surface area contributed by atoms with E-state index in [9.17, 15) is 23.5 Å². The van der Waals surface area contributed by atoms with Crippen molar-refractivity contribution in [3.63, 3.8) is 0 Å². The molecule has 1 amide bonds. The van der Waals surface area contributed by atoms with Crippen LogP contribution in [-0.2, 0) is 9.59 Å². The molecule has 1 unspecified atom stereocenters. The molecule has 2 aromatic carbocycles. The van der Waals surface area contributed by atoms with Gasteiger partial charge >= 0.3 is 0 Å². The van der Waals surface area contributed by atoms with Crippen molar-refractivity contribution in [3.8, 4) is 5.75 Å². The third-order valence-electron chi connectivity index (χ3n) is 4.84. The Morgan fingerprint density at radius 3 is 2.61 bits per heavy atom. The minimum atomic E-state index is -1.24. The van der Waals surface area contributed by atoms with E-state index in [0.717, 1.165) is 17.0 Å². The lowest BCUT2D eigenvalue weighted by atomic mass is 9.99. The summed E-state index contributed by atoms with van der Waals surface area (Å²) < 4.78 is 38.8. The first-order valence-electron chi connectivity index (χ1n) is 9.45. The van der Waals surface area contributed by atoms with Crippen molar-refractivity contribution in [1.82, 2.24) is 0 Å². The number of amides is 1. The first-order chi connectivity index (χ1) is 14.9. The number of anilines is 1. The minimum absolute atomic E-state index is 0.130. The molecule has 6 nitrogen and oxygen atoms in total. The fourth-order valence-corrected chi connectivity index (χ4v) is 3.53. The average molecular weight is 425 g/mol. The summed E-state index contributed by atoms with van der Waals surface area (Å²) in [5, 5.41) is 11.0. The summed E-state index contributed by atoms with van der Waals surface area (Å²) >= 11 is 0. The molecule has 4 rings (SSSR count). The lowest BCUT2D eigenvalue weighted by Gasteiger charge is -2.23. The number of Topliss-reactive ketones (excluding diaryl/α,β-unsaturated/α-hetero) is 1. The Morgan fingerprint density at radius 1 is 1.13 bits per heavy atom. The number of halogens is 2. The van der Waals surface area contributed by atoms with Gasteiger partial charge in [0.15, 0.2) is 0 Å². The standard InChI is InChI=1S/C23H17F2NO5/c1-2-30-15-6-3-5-13(11-15)21(27)19-20(18-7-4-10-31-18)26(23(29)22(19)28)17-9-8-14(24)12-16(17)25/h3-12,20,27H,2H2,1H3/b21-19-. The van der Waals surface area contributed by atoms with Crippen LogP contribution >= 0.6 is 0 Å². The molecule has 0 aliphatic carbocycles. The Morgan fingerprint density at radius 2 is 1.94 bits per heavy atom. The number of aliphatic hydroxyl groups is 1. The van der Waals surface area contributed by atoms with Crippen LogP contribution in [0, 0.1) is 11.6 Å². The number of furan rings is 1. The molecule has 158 valence electrons. The number of ketones is 1. The number of rotatable bonds is 5. The van der Waals surface area contributed by atoms with Crippen LogP contribution in [0.5, 0.6) is 5.75 Å². The second kappa shape index (κ2) is 8.06. The molecular weight excluding hydrogens is 408 g/mol. The van der Waals surface area contributed by atoms with E-state index in [2.05, 4.69) is 0 Å². The highest BCUT2D eigenvalue weighted by Gasteiger charge is 2.49. The fourth-order valence-electron chi connectivity index (χ4n) is 3.53. The highest BCUT2D eigenvalue weighted by molar-refractivity contribution is 6.51. The number of hydrogen-bond donors (Lipinski definition) is 1. The van der Waals surface area contributed by atoms with Crippen LogP contribution in [0.2, 0.25) is 0 Å². The summed E-state index contributed by atoms with van der Waals surface area (Å²) in [5.74, 6) is -3.84. The van der Waals surface area contributed by atoms with E-state index >= 15 is 0 Å². The van der Waals surface area contributed by atoms with Gasteiger partial charge in [-0.05, 0) is 43.3 Å². The maximum Gasteiger partial charge on any atom is 0.300 e. The quantitative estimate of drug-likeness (QED) is 0.368. The third-order valence-corrected chi connectivity index (χ3v) is 4.84. The highest BCUT2D eigenvalue weighted by Crippen LogP contribution is 2.43. The zero-order valence-corrected chi connectivity index (χ0v) is 16.3. The van der Waals surface area contributed by atoms with Crippen LogP contribution in [0.4, 0.5) is 14.5 Å². The van der Waals surface area contributed by atoms with Gasteiger partial charge in [-0.3, -0.25) is 14.5 Å². The topological polar surface area (TPSA) is 80.0 Å². The van der Waals surface area contributed by atoms with Crippen LogP contribution in [0.1, 0.15) is 24.3 Å². The summed E-state index contributed by atoms with van der Waals surface area (Å²) in [4.78, 5) is 26.6. The largest absolute Gasteiger partial charge is 0.507 e. The molecule has 1 fully saturated rings. The number of nitrogens with zero attached hydrogens (tertiary/aromatic N) is 1. The molecule has 0 saturated carbocycles. The number of aliphatic hydroxyl groups excluding tert-OH is 1. The van der Waals surface area contributed by atoms with Crippen molar-refractivity contribution < 1.29 is 32.6 Å². The van der Waals surface area contributed by atoms with Crippen molar-refractivity contribution in [2.45, 2.75) is 13.0 Å². The number of benzene rings is 2. The van der Waals surface area contributed by atoms with Crippen molar-refractivity contribution in [3.05, 3.63) is 89.4 Å². The number of carbonyl (C=O) groups excluding carboxylic acids is 2. The van der Waals surface area contributed by atoms with Gasteiger partial charge in [-0.25, -0.2) is 8.78 Å². The van der Waals surface area contributed by atoms with Crippen LogP contribution in [-0.4, -0.2) is 23.4 Å². The molecule has 2 heterocycles. The first kappa shape index (κ1) is 20.3. The molecule has 3 aromatic rings. The Balaban J connectivity index is 1.91. The van der Waals surface area contributed by atoms with Gasteiger partial charge in [0, 0.05) is 11.6 Å². The predicted molar refractivity (Wildman–Crippen MR) is 107 cm³/mol. The molecule has 1 aliphatic rings. The fraction of sp³-hybridized carbons (Fsp3) is 0.130. The Labute approximate surface area is 176 Å². The average Bonchev–Trinajstić information content (AvgIpc) is 3.36. The van der Waals surface area contributed by atoms with E-state index in [1.165, 1.54) is 24.5 Å². The second-order valence-corrected chi connectivity index (χ2v) is 6.74. The van der Waals surface area contributed by atoms with Crippen molar-refractivity contribution in [2.75, 3.05) is 11.5 Å². The third kappa shape index (κ3) is 3.56. The van der Waals surface area contributed by atoms with Gasteiger partial charge in [0.2, 0.25) is 0 Å². The zero-order valence-electron chi connectivity index (χ0n) is 16.3. The number of carbonyl (C=O) groups is 2. The molecule has 0 spiro atoms. The van der Waals surface area contributed by atoms with Crippen molar-refractivity contribution in [1.29, 1.82) is 0 Å². The van der Waals surface area contributed by atoms with Crippen LogP contribution in [0.15, 0.2) is 70.9 Å².